The molecule has 4 aromatic rings. The van der Waals surface area contributed by atoms with Gasteiger partial charge >= 0.3 is 0 Å². The number of hydrogen-bond acceptors (Lipinski definition) is 1. The van der Waals surface area contributed by atoms with Crippen molar-refractivity contribution in [3.63, 3.8) is 0 Å². The highest BCUT2D eigenvalue weighted by atomic mass is 14.9. The molecule has 0 bridgehead atoms. The fraction of sp³-hybridized carbons (Fsp3) is 0.160. The number of imidazole rings is 1. The van der Waals surface area contributed by atoms with Crippen LogP contribution < -0.4 is 5.46 Å². The van der Waals surface area contributed by atoms with E-state index in [2.05, 4.69) is 83.6 Å². The molecule has 0 radical (unpaired) electrons. The van der Waals surface area contributed by atoms with E-state index in [-0.39, 0.29) is 0 Å². The van der Waals surface area contributed by atoms with Gasteiger partial charge in [-0.25, -0.2) is 4.98 Å². The second-order valence-electron chi connectivity index (χ2n) is 7.07. The van der Waals surface area contributed by atoms with Gasteiger partial charge in [0, 0.05) is 18.3 Å². The Balaban J connectivity index is 0.000000167. The van der Waals surface area contributed by atoms with Crippen LogP contribution in [-0.4, -0.2) is 17.2 Å². The fourth-order valence-corrected chi connectivity index (χ4v) is 3.21. The number of nitrogens with zero attached hydrogens (tertiary/aromatic N) is 1. The van der Waals surface area contributed by atoms with Crippen molar-refractivity contribution in [2.75, 3.05) is 0 Å². The van der Waals surface area contributed by atoms with Gasteiger partial charge in [-0.2, -0.15) is 0 Å². The summed E-state index contributed by atoms with van der Waals surface area (Å²) in [7, 11) is 1.18. The third kappa shape index (κ3) is 6.92. The lowest BCUT2D eigenvalue weighted by molar-refractivity contribution is 1.11. The molecule has 28 heavy (non-hydrogen) atoms. The Labute approximate surface area is 168 Å². The van der Waals surface area contributed by atoms with Gasteiger partial charge < -0.3 is 4.98 Å². The van der Waals surface area contributed by atoms with Crippen LogP contribution in [-0.2, 0) is 12.8 Å². The zero-order valence-corrected chi connectivity index (χ0v) is 16.5. The number of aromatic nitrogens is 2. The highest BCUT2D eigenvalue weighted by Gasteiger charge is 1.97. The van der Waals surface area contributed by atoms with E-state index in [1.54, 1.807) is 6.33 Å². The minimum absolute atomic E-state index is 0.931. The number of aryl methyl sites for hydroxylation is 2. The molecule has 1 heterocycles. The standard InChI is InChI=1S/C15H17B.C10H10N2/c1-13-6-5-7-14(12-13)10-11-16-15-8-3-2-4-9-15;1-2-4-9(5-3-1)6-10-7-11-8-12-10/h2-9,12,16H,10-11H2,1H3;1-5,7-8H,6H2,(H,11,12). The molecule has 0 aliphatic heterocycles. The number of aromatic amines is 1. The molecule has 1 N–H and O–H groups in total. The number of hydrogen-bond donors (Lipinski definition) is 1. The van der Waals surface area contributed by atoms with Crippen molar-refractivity contribution in [2.24, 2.45) is 0 Å². The monoisotopic (exact) mass is 366 g/mol. The van der Waals surface area contributed by atoms with Crippen LogP contribution in [0.1, 0.15) is 22.4 Å². The molecule has 0 aliphatic rings. The second kappa shape index (κ2) is 10.9. The lowest BCUT2D eigenvalue weighted by Gasteiger charge is -2.02. The highest BCUT2D eigenvalue weighted by molar-refractivity contribution is 6.53. The van der Waals surface area contributed by atoms with Crippen molar-refractivity contribution >= 4 is 12.7 Å². The van der Waals surface area contributed by atoms with Crippen molar-refractivity contribution in [1.82, 2.24) is 9.97 Å². The summed E-state index contributed by atoms with van der Waals surface area (Å²) in [5.41, 5.74) is 6.71. The van der Waals surface area contributed by atoms with Crippen molar-refractivity contribution in [3.8, 4) is 0 Å². The summed E-state index contributed by atoms with van der Waals surface area (Å²) in [6.45, 7) is 2.15. The van der Waals surface area contributed by atoms with E-state index in [1.165, 1.54) is 42.2 Å². The Hall–Kier alpha value is -3.07. The van der Waals surface area contributed by atoms with Gasteiger partial charge in [-0.05, 0) is 24.5 Å². The van der Waals surface area contributed by atoms with Crippen molar-refractivity contribution in [2.45, 2.75) is 26.1 Å². The summed E-state index contributed by atoms with van der Waals surface area (Å²) in [5, 5.41) is 0. The Morgan fingerprint density at radius 3 is 2.21 bits per heavy atom. The molecule has 3 aromatic carbocycles. The first-order valence-electron chi connectivity index (χ1n) is 9.90. The first-order valence-corrected chi connectivity index (χ1v) is 9.90. The van der Waals surface area contributed by atoms with E-state index in [0.29, 0.717) is 0 Å². The van der Waals surface area contributed by atoms with Crippen LogP contribution in [0.5, 0.6) is 0 Å². The average molecular weight is 366 g/mol. The molecule has 0 saturated carbocycles. The van der Waals surface area contributed by atoms with Crippen LogP contribution in [0, 0.1) is 6.92 Å². The van der Waals surface area contributed by atoms with Crippen LogP contribution in [0.15, 0.2) is 97.5 Å². The van der Waals surface area contributed by atoms with Crippen molar-refractivity contribution in [1.29, 1.82) is 0 Å². The predicted octanol–water partition coefficient (Wildman–Crippen LogP) is 4.72. The SMILES string of the molecule is Cc1cccc(CCBc2ccccc2)c1.c1ccc(Cc2cnc[nH]2)cc1. The summed E-state index contributed by atoms with van der Waals surface area (Å²) in [5.74, 6) is 0. The van der Waals surface area contributed by atoms with E-state index in [9.17, 15) is 0 Å². The minimum Gasteiger partial charge on any atom is -0.348 e. The molecular weight excluding hydrogens is 339 g/mol. The number of nitrogens with one attached hydrogen (secondary N) is 1. The normalized spacial score (nSPS) is 10.0. The van der Waals surface area contributed by atoms with Crippen LogP contribution in [0.4, 0.5) is 0 Å². The lowest BCUT2D eigenvalue weighted by Crippen LogP contribution is -2.13. The molecule has 2 nitrogen and oxygen atoms in total. The summed E-state index contributed by atoms with van der Waals surface area (Å²) in [6.07, 6.45) is 6.90. The molecule has 1 aromatic heterocycles. The first-order chi connectivity index (χ1) is 13.8. The average Bonchev–Trinajstić information content (AvgIpc) is 3.23. The molecule has 3 heteroatoms. The highest BCUT2D eigenvalue weighted by Crippen LogP contribution is 2.06. The Morgan fingerprint density at radius 1 is 0.821 bits per heavy atom. The second-order valence-corrected chi connectivity index (χ2v) is 7.07. The van der Waals surface area contributed by atoms with Crippen LogP contribution in [0.25, 0.3) is 0 Å². The summed E-state index contributed by atoms with van der Waals surface area (Å²) < 4.78 is 0. The maximum absolute atomic E-state index is 3.96. The molecule has 0 unspecified atom stereocenters. The van der Waals surface area contributed by atoms with Gasteiger partial charge in [-0.3, -0.25) is 0 Å². The smallest absolute Gasteiger partial charge is 0.158 e. The van der Waals surface area contributed by atoms with Gasteiger partial charge in [0.25, 0.3) is 0 Å². The van der Waals surface area contributed by atoms with E-state index in [0.717, 1.165) is 12.1 Å². The molecule has 0 saturated heterocycles. The summed E-state index contributed by atoms with van der Waals surface area (Å²) in [4.78, 5) is 7.04. The quantitative estimate of drug-likeness (QED) is 0.492. The van der Waals surface area contributed by atoms with Crippen LogP contribution in [0.3, 0.4) is 0 Å². The van der Waals surface area contributed by atoms with Crippen LogP contribution >= 0.6 is 0 Å². The van der Waals surface area contributed by atoms with Gasteiger partial charge in [0.15, 0.2) is 7.28 Å². The van der Waals surface area contributed by atoms with Gasteiger partial charge in [-0.1, -0.05) is 102 Å². The molecule has 0 fully saturated rings. The number of benzene rings is 3. The van der Waals surface area contributed by atoms with Gasteiger partial charge in [0.2, 0.25) is 0 Å². The van der Waals surface area contributed by atoms with Crippen LogP contribution in [0.2, 0.25) is 6.32 Å². The van der Waals surface area contributed by atoms with Crippen molar-refractivity contribution in [3.05, 3.63) is 120 Å². The first kappa shape index (κ1) is 19.7. The molecular formula is C25H27BN2. The van der Waals surface area contributed by atoms with Gasteiger partial charge in [0.1, 0.15) is 0 Å². The van der Waals surface area contributed by atoms with E-state index in [1.807, 2.05) is 24.4 Å². The summed E-state index contributed by atoms with van der Waals surface area (Å²) >= 11 is 0. The predicted molar refractivity (Wildman–Crippen MR) is 121 cm³/mol. The largest absolute Gasteiger partial charge is 0.348 e. The molecule has 140 valence electrons. The molecule has 0 atom stereocenters. The van der Waals surface area contributed by atoms with E-state index < -0.39 is 0 Å². The Kier molecular flexibility index (Phi) is 7.69. The third-order valence-corrected chi connectivity index (χ3v) is 4.65. The van der Waals surface area contributed by atoms with Crippen molar-refractivity contribution < 1.29 is 0 Å². The number of H-pyrrole nitrogens is 1. The maximum Gasteiger partial charge on any atom is 0.158 e. The van der Waals surface area contributed by atoms with Gasteiger partial charge in [-0.15, -0.1) is 0 Å². The zero-order valence-electron chi connectivity index (χ0n) is 16.5. The Bertz CT molecular complexity index is 919. The number of rotatable bonds is 6. The molecule has 0 spiro atoms. The van der Waals surface area contributed by atoms with E-state index >= 15 is 0 Å². The maximum atomic E-state index is 3.96. The molecule has 0 aliphatic carbocycles. The minimum atomic E-state index is 0.931. The third-order valence-electron chi connectivity index (χ3n) is 4.65. The van der Waals surface area contributed by atoms with E-state index in [4.69, 9.17) is 0 Å². The lowest BCUT2D eigenvalue weighted by atomic mass is 9.66. The zero-order chi connectivity index (χ0) is 19.4. The fourth-order valence-electron chi connectivity index (χ4n) is 3.21. The summed E-state index contributed by atoms with van der Waals surface area (Å²) in [6, 6.07) is 29.9. The topological polar surface area (TPSA) is 28.7 Å². The molecule has 4 rings (SSSR count). The molecule has 0 amide bonds. The Morgan fingerprint density at radius 2 is 1.54 bits per heavy atom. The van der Waals surface area contributed by atoms with Gasteiger partial charge in [0.05, 0.1) is 6.33 Å².